The summed E-state index contributed by atoms with van der Waals surface area (Å²) in [5, 5.41) is 12.6. The molecule has 8 heteroatoms. The predicted molar refractivity (Wildman–Crippen MR) is 120 cm³/mol. The van der Waals surface area contributed by atoms with Crippen LogP contribution in [-0.4, -0.2) is 40.1 Å². The average Bonchev–Trinajstić information content (AvgIpc) is 3.41. The number of methoxy groups -OCH3 is 1. The van der Waals surface area contributed by atoms with Crippen molar-refractivity contribution >= 4 is 17.7 Å². The van der Waals surface area contributed by atoms with Crippen LogP contribution in [0.1, 0.15) is 42.8 Å². The fourth-order valence-corrected chi connectivity index (χ4v) is 4.54. The molecule has 1 aliphatic rings. The number of nitrogens with one attached hydrogen (secondary N) is 1. The van der Waals surface area contributed by atoms with E-state index in [-0.39, 0.29) is 23.6 Å². The van der Waals surface area contributed by atoms with Crippen molar-refractivity contribution in [2.75, 3.05) is 19.5 Å². The molecule has 2 heterocycles. The second kappa shape index (κ2) is 9.43. The van der Waals surface area contributed by atoms with Gasteiger partial charge in [0.2, 0.25) is 5.91 Å². The summed E-state index contributed by atoms with van der Waals surface area (Å²) in [7, 11) is 1.62. The molecule has 0 saturated carbocycles. The number of nitrogens with zero attached hydrogens (tertiary/aromatic N) is 3. The van der Waals surface area contributed by atoms with Crippen molar-refractivity contribution in [2.24, 2.45) is 0 Å². The Morgan fingerprint density at radius 2 is 2.10 bits per heavy atom. The third kappa shape index (κ3) is 4.54. The monoisotopic (exact) mass is 438 g/mol. The van der Waals surface area contributed by atoms with E-state index in [0.717, 1.165) is 34.6 Å². The van der Waals surface area contributed by atoms with E-state index >= 15 is 0 Å². The molecule has 2 atom stereocenters. The Kier molecular flexibility index (Phi) is 6.46. The highest BCUT2D eigenvalue weighted by Crippen LogP contribution is 2.35. The lowest BCUT2D eigenvalue weighted by atomic mass is 10.0. The topological polar surface area (TPSA) is 78.3 Å². The largest absolute Gasteiger partial charge is 0.497 e. The maximum atomic E-state index is 12.6. The predicted octanol–water partition coefficient (Wildman–Crippen LogP) is 3.80. The normalized spacial score (nSPS) is 15.8. The lowest BCUT2D eigenvalue weighted by Gasteiger charge is -2.14. The van der Waals surface area contributed by atoms with Crippen LogP contribution >= 0.6 is 11.8 Å². The first kappa shape index (κ1) is 21.2. The Hall–Kier alpha value is -3.00. The molecule has 0 fully saturated rings. The van der Waals surface area contributed by atoms with Crippen molar-refractivity contribution in [3.05, 3.63) is 65.5 Å². The number of hydrogen-bond acceptors (Lipinski definition) is 6. The van der Waals surface area contributed by atoms with Crippen molar-refractivity contribution in [3.8, 4) is 11.5 Å². The van der Waals surface area contributed by atoms with E-state index in [4.69, 9.17) is 9.47 Å². The van der Waals surface area contributed by atoms with Crippen molar-refractivity contribution in [1.82, 2.24) is 20.1 Å². The van der Waals surface area contributed by atoms with E-state index < -0.39 is 0 Å². The summed E-state index contributed by atoms with van der Waals surface area (Å²) in [6, 6.07) is 15.7. The third-order valence-electron chi connectivity index (χ3n) is 5.41. The first-order chi connectivity index (χ1) is 15.1. The van der Waals surface area contributed by atoms with E-state index in [0.29, 0.717) is 6.61 Å². The van der Waals surface area contributed by atoms with Crippen LogP contribution in [0.2, 0.25) is 0 Å². The minimum Gasteiger partial charge on any atom is -0.497 e. The van der Waals surface area contributed by atoms with E-state index in [2.05, 4.69) is 46.1 Å². The minimum atomic E-state index is -0.184. The molecule has 2 unspecified atom stereocenters. The number of amides is 1. The maximum Gasteiger partial charge on any atom is 0.231 e. The Morgan fingerprint density at radius 1 is 1.29 bits per heavy atom. The number of ether oxygens (including phenoxy) is 2. The van der Waals surface area contributed by atoms with Crippen LogP contribution in [0.25, 0.3) is 0 Å². The summed E-state index contributed by atoms with van der Waals surface area (Å²) in [6.45, 7) is 5.35. The van der Waals surface area contributed by atoms with Gasteiger partial charge in [0.25, 0.3) is 0 Å². The highest BCUT2D eigenvalue weighted by molar-refractivity contribution is 7.99. The van der Waals surface area contributed by atoms with Crippen LogP contribution in [0.4, 0.5) is 0 Å². The number of rotatable bonds is 8. The molecule has 31 heavy (non-hydrogen) atoms. The van der Waals surface area contributed by atoms with Gasteiger partial charge in [-0.2, -0.15) is 0 Å². The van der Waals surface area contributed by atoms with Gasteiger partial charge in [-0.15, -0.1) is 10.2 Å². The summed E-state index contributed by atoms with van der Waals surface area (Å²) in [5.41, 5.74) is 2.13. The van der Waals surface area contributed by atoms with Gasteiger partial charge in [-0.05, 0) is 30.7 Å². The molecule has 0 aliphatic carbocycles. The summed E-state index contributed by atoms with van der Waals surface area (Å²) in [6.07, 6.45) is 0. The zero-order valence-electron chi connectivity index (χ0n) is 17.9. The number of hydrogen-bond donors (Lipinski definition) is 1. The molecular weight excluding hydrogens is 412 g/mol. The van der Waals surface area contributed by atoms with Crippen LogP contribution in [0.3, 0.4) is 0 Å². The molecular formula is C23H26N4O3S. The SMILES string of the molecule is CCn1c(SCC(=O)NC2COc3ccc(OC)cc32)nnc1C(C)c1ccccc1. The molecule has 162 valence electrons. The minimum absolute atomic E-state index is 0.0717. The lowest BCUT2D eigenvalue weighted by Crippen LogP contribution is -2.30. The second-order valence-corrected chi connectivity index (χ2v) is 8.28. The zero-order valence-corrected chi connectivity index (χ0v) is 18.7. The summed E-state index contributed by atoms with van der Waals surface area (Å²) in [5.74, 6) is 2.74. The van der Waals surface area contributed by atoms with E-state index in [1.54, 1.807) is 7.11 Å². The van der Waals surface area contributed by atoms with Gasteiger partial charge in [0.1, 0.15) is 23.9 Å². The van der Waals surface area contributed by atoms with Crippen LogP contribution < -0.4 is 14.8 Å². The molecule has 0 bridgehead atoms. The van der Waals surface area contributed by atoms with Gasteiger partial charge in [-0.25, -0.2) is 0 Å². The van der Waals surface area contributed by atoms with Crippen molar-refractivity contribution in [1.29, 1.82) is 0 Å². The number of carbonyl (C=O) groups excluding carboxylic acids is 1. The number of carbonyl (C=O) groups is 1. The smallest absolute Gasteiger partial charge is 0.231 e. The number of thioether (sulfide) groups is 1. The average molecular weight is 439 g/mol. The molecule has 1 aliphatic heterocycles. The van der Waals surface area contributed by atoms with Crippen LogP contribution in [0, 0.1) is 0 Å². The Bertz CT molecular complexity index is 1050. The van der Waals surface area contributed by atoms with Gasteiger partial charge < -0.3 is 19.4 Å². The van der Waals surface area contributed by atoms with Gasteiger partial charge in [0.05, 0.1) is 18.9 Å². The van der Waals surface area contributed by atoms with Gasteiger partial charge in [0, 0.05) is 18.0 Å². The standard InChI is InChI=1S/C23H26N4O3S/c1-4-27-22(15(2)16-8-6-5-7-9-16)25-26-23(27)31-14-21(28)24-19-13-30-20-11-10-17(29-3)12-18(19)20/h5-12,15,19H,4,13-14H2,1-3H3,(H,24,28). The van der Waals surface area contributed by atoms with Gasteiger partial charge in [-0.1, -0.05) is 49.0 Å². The molecule has 7 nitrogen and oxygen atoms in total. The lowest BCUT2D eigenvalue weighted by molar-refractivity contribution is -0.119. The molecule has 2 aromatic carbocycles. The Balaban J connectivity index is 1.40. The maximum absolute atomic E-state index is 12.6. The summed E-state index contributed by atoms with van der Waals surface area (Å²) < 4.78 is 13.0. The summed E-state index contributed by atoms with van der Waals surface area (Å²) >= 11 is 1.40. The number of fused-ring (bicyclic) bond motifs is 1. The Labute approximate surface area is 186 Å². The van der Waals surface area contributed by atoms with E-state index in [1.165, 1.54) is 17.3 Å². The van der Waals surface area contributed by atoms with E-state index in [1.807, 2.05) is 36.4 Å². The van der Waals surface area contributed by atoms with Crippen molar-refractivity contribution in [3.63, 3.8) is 0 Å². The van der Waals surface area contributed by atoms with Gasteiger partial charge >= 0.3 is 0 Å². The first-order valence-corrected chi connectivity index (χ1v) is 11.3. The third-order valence-corrected chi connectivity index (χ3v) is 6.38. The zero-order chi connectivity index (χ0) is 21.8. The first-order valence-electron chi connectivity index (χ1n) is 10.3. The number of aromatic nitrogens is 3. The molecule has 1 aromatic heterocycles. The summed E-state index contributed by atoms with van der Waals surface area (Å²) in [4.78, 5) is 12.6. The van der Waals surface area contributed by atoms with Gasteiger partial charge in [-0.3, -0.25) is 4.79 Å². The molecule has 0 saturated heterocycles. The molecule has 4 rings (SSSR count). The second-order valence-electron chi connectivity index (χ2n) is 7.34. The molecule has 0 radical (unpaired) electrons. The number of benzene rings is 2. The molecule has 3 aromatic rings. The fourth-order valence-electron chi connectivity index (χ4n) is 3.72. The highest BCUT2D eigenvalue weighted by atomic mass is 32.2. The van der Waals surface area contributed by atoms with E-state index in [9.17, 15) is 4.79 Å². The van der Waals surface area contributed by atoms with Crippen LogP contribution in [0.15, 0.2) is 53.7 Å². The van der Waals surface area contributed by atoms with Crippen molar-refractivity contribution < 1.29 is 14.3 Å². The molecule has 1 amide bonds. The highest BCUT2D eigenvalue weighted by Gasteiger charge is 2.26. The Morgan fingerprint density at radius 3 is 2.84 bits per heavy atom. The fraction of sp³-hybridized carbons (Fsp3) is 0.348. The van der Waals surface area contributed by atoms with Crippen molar-refractivity contribution in [2.45, 2.75) is 37.5 Å². The van der Waals surface area contributed by atoms with Gasteiger partial charge in [0.15, 0.2) is 5.16 Å². The van der Waals surface area contributed by atoms with Crippen LogP contribution in [0.5, 0.6) is 11.5 Å². The quantitative estimate of drug-likeness (QED) is 0.539. The molecule has 1 N–H and O–H groups in total. The van der Waals surface area contributed by atoms with Crippen LogP contribution in [-0.2, 0) is 11.3 Å². The molecule has 0 spiro atoms.